The Kier molecular flexibility index (Phi) is 4.52. The summed E-state index contributed by atoms with van der Waals surface area (Å²) in [5, 5.41) is 1.28. The quantitative estimate of drug-likeness (QED) is 0.673. The molecule has 0 saturated carbocycles. The molecule has 0 radical (unpaired) electrons. The number of hydrogen-bond donors (Lipinski definition) is 0. The molecule has 124 valence electrons. The van der Waals surface area contributed by atoms with Gasteiger partial charge in [-0.3, -0.25) is 4.90 Å². The van der Waals surface area contributed by atoms with Crippen LogP contribution in [0.25, 0.3) is 10.9 Å². The average molecular weight is 320 g/mol. The van der Waals surface area contributed by atoms with Crippen molar-refractivity contribution in [3.05, 3.63) is 66.4 Å². The molecule has 0 unspecified atom stereocenters. The third kappa shape index (κ3) is 3.46. The Hall–Kier alpha value is -2.26. The van der Waals surface area contributed by atoms with E-state index in [9.17, 15) is 0 Å². The van der Waals surface area contributed by atoms with Crippen LogP contribution in [0.3, 0.4) is 0 Å². The molecule has 0 bridgehead atoms. The molecule has 2 heterocycles. The van der Waals surface area contributed by atoms with E-state index < -0.39 is 0 Å². The Morgan fingerprint density at radius 1 is 0.875 bits per heavy atom. The van der Waals surface area contributed by atoms with Gasteiger partial charge >= 0.3 is 0 Å². The van der Waals surface area contributed by atoms with Gasteiger partial charge in [0, 0.05) is 18.3 Å². The van der Waals surface area contributed by atoms with Crippen molar-refractivity contribution in [3.8, 4) is 5.75 Å². The molecular weight excluding hydrogens is 296 g/mol. The van der Waals surface area contributed by atoms with Crippen LogP contribution in [0.1, 0.15) is 18.4 Å². The molecule has 0 aliphatic carbocycles. The highest BCUT2D eigenvalue weighted by molar-refractivity contribution is 5.79. The zero-order chi connectivity index (χ0) is 16.2. The molecule has 1 saturated heterocycles. The number of benzene rings is 2. The lowest BCUT2D eigenvalue weighted by Crippen LogP contribution is -2.18. The number of ether oxygens (including phenoxy) is 1. The molecule has 1 fully saturated rings. The van der Waals surface area contributed by atoms with Crippen LogP contribution in [0.2, 0.25) is 0 Å². The van der Waals surface area contributed by atoms with Crippen molar-refractivity contribution in [2.24, 2.45) is 0 Å². The molecule has 1 aromatic heterocycles. The molecule has 0 atom stereocenters. The molecule has 3 nitrogen and oxygen atoms in total. The summed E-state index contributed by atoms with van der Waals surface area (Å²) in [7, 11) is 0. The summed E-state index contributed by atoms with van der Waals surface area (Å²) < 4.78 is 8.17. The minimum atomic E-state index is 0.685. The molecule has 0 spiro atoms. The number of para-hydroxylation sites is 1. The number of aromatic nitrogens is 1. The van der Waals surface area contributed by atoms with Crippen molar-refractivity contribution >= 4 is 10.9 Å². The first-order chi connectivity index (χ1) is 11.9. The fourth-order valence-electron chi connectivity index (χ4n) is 3.49. The molecule has 2 aromatic carbocycles. The molecule has 3 aromatic rings. The van der Waals surface area contributed by atoms with Gasteiger partial charge in [-0.05, 0) is 61.1 Å². The fourth-order valence-corrected chi connectivity index (χ4v) is 3.49. The van der Waals surface area contributed by atoms with Gasteiger partial charge in [-0.2, -0.15) is 0 Å². The van der Waals surface area contributed by atoms with Crippen LogP contribution in [0.5, 0.6) is 5.75 Å². The first-order valence-corrected chi connectivity index (χ1v) is 8.86. The van der Waals surface area contributed by atoms with Crippen LogP contribution >= 0.6 is 0 Å². The van der Waals surface area contributed by atoms with Gasteiger partial charge in [0.15, 0.2) is 0 Å². The molecule has 3 heteroatoms. The van der Waals surface area contributed by atoms with Gasteiger partial charge in [0.05, 0.1) is 6.54 Å². The van der Waals surface area contributed by atoms with E-state index in [-0.39, 0.29) is 0 Å². The lowest BCUT2D eigenvalue weighted by Gasteiger charge is -2.15. The van der Waals surface area contributed by atoms with E-state index in [0.717, 1.165) is 18.8 Å². The number of fused-ring (bicyclic) bond motifs is 1. The predicted octanol–water partition coefficient (Wildman–Crippen LogP) is 4.32. The second kappa shape index (κ2) is 7.10. The van der Waals surface area contributed by atoms with Crippen molar-refractivity contribution in [1.29, 1.82) is 0 Å². The van der Waals surface area contributed by atoms with E-state index in [0.29, 0.717) is 6.61 Å². The monoisotopic (exact) mass is 320 g/mol. The second-order valence-electron chi connectivity index (χ2n) is 6.54. The molecule has 0 amide bonds. The highest BCUT2D eigenvalue weighted by Gasteiger charge is 2.11. The first-order valence-electron chi connectivity index (χ1n) is 8.86. The molecule has 0 N–H and O–H groups in total. The van der Waals surface area contributed by atoms with Gasteiger partial charge < -0.3 is 9.30 Å². The maximum absolute atomic E-state index is 5.92. The average Bonchev–Trinajstić information content (AvgIpc) is 3.27. The van der Waals surface area contributed by atoms with Crippen LogP contribution in [-0.2, 0) is 13.1 Å². The molecule has 1 aliphatic heterocycles. The zero-order valence-corrected chi connectivity index (χ0v) is 14.0. The van der Waals surface area contributed by atoms with Gasteiger partial charge in [0.1, 0.15) is 12.4 Å². The normalized spacial score (nSPS) is 15.2. The van der Waals surface area contributed by atoms with E-state index in [1.165, 1.54) is 42.4 Å². The first kappa shape index (κ1) is 15.3. The SMILES string of the molecule is c1ccc2c(c1)ccn2CCOc1ccc(CN2CCCC2)cc1. The van der Waals surface area contributed by atoms with Crippen LogP contribution < -0.4 is 4.74 Å². The summed E-state index contributed by atoms with van der Waals surface area (Å²) in [5.41, 5.74) is 2.64. The Labute approximate surface area is 143 Å². The third-order valence-electron chi connectivity index (χ3n) is 4.81. The van der Waals surface area contributed by atoms with E-state index >= 15 is 0 Å². The molecule has 1 aliphatic rings. The summed E-state index contributed by atoms with van der Waals surface area (Å²) in [6.45, 7) is 5.09. The predicted molar refractivity (Wildman–Crippen MR) is 98.4 cm³/mol. The van der Waals surface area contributed by atoms with Crippen LogP contribution in [0.4, 0.5) is 0 Å². The van der Waals surface area contributed by atoms with Crippen molar-refractivity contribution in [1.82, 2.24) is 9.47 Å². The summed E-state index contributed by atoms with van der Waals surface area (Å²) in [5.74, 6) is 0.955. The standard InChI is InChI=1S/C21H24N2O/c1-2-6-21-19(5-1)11-14-23(21)15-16-24-20-9-7-18(8-10-20)17-22-12-3-4-13-22/h1-2,5-11,14H,3-4,12-13,15-17H2. The maximum Gasteiger partial charge on any atom is 0.119 e. The van der Waals surface area contributed by atoms with Gasteiger partial charge in [-0.25, -0.2) is 0 Å². The van der Waals surface area contributed by atoms with Crippen molar-refractivity contribution in [2.45, 2.75) is 25.9 Å². The fraction of sp³-hybridized carbons (Fsp3) is 0.333. The molecule has 4 rings (SSSR count). The molecular formula is C21H24N2O. The Morgan fingerprint density at radius 2 is 1.67 bits per heavy atom. The van der Waals surface area contributed by atoms with Crippen molar-refractivity contribution in [2.75, 3.05) is 19.7 Å². The second-order valence-corrected chi connectivity index (χ2v) is 6.54. The van der Waals surface area contributed by atoms with E-state index in [1.807, 2.05) is 0 Å². The van der Waals surface area contributed by atoms with E-state index in [1.54, 1.807) is 0 Å². The Balaban J connectivity index is 1.31. The van der Waals surface area contributed by atoms with Crippen LogP contribution in [-0.4, -0.2) is 29.2 Å². The summed E-state index contributed by atoms with van der Waals surface area (Å²) in [6, 6.07) is 19.2. The number of likely N-dealkylation sites (tertiary alicyclic amines) is 1. The topological polar surface area (TPSA) is 17.4 Å². The summed E-state index contributed by atoms with van der Waals surface area (Å²) in [6.07, 6.45) is 4.82. The maximum atomic E-state index is 5.92. The molecule has 24 heavy (non-hydrogen) atoms. The highest BCUT2D eigenvalue weighted by atomic mass is 16.5. The Bertz CT molecular complexity index is 785. The zero-order valence-electron chi connectivity index (χ0n) is 14.0. The third-order valence-corrected chi connectivity index (χ3v) is 4.81. The lowest BCUT2D eigenvalue weighted by molar-refractivity contribution is 0.299. The summed E-state index contributed by atoms with van der Waals surface area (Å²) in [4.78, 5) is 2.52. The van der Waals surface area contributed by atoms with Crippen LogP contribution in [0.15, 0.2) is 60.8 Å². The van der Waals surface area contributed by atoms with Crippen LogP contribution in [0, 0.1) is 0 Å². The lowest BCUT2D eigenvalue weighted by atomic mass is 10.2. The minimum absolute atomic E-state index is 0.685. The number of rotatable bonds is 6. The van der Waals surface area contributed by atoms with Gasteiger partial charge in [-0.1, -0.05) is 30.3 Å². The number of nitrogens with zero attached hydrogens (tertiary/aromatic N) is 2. The van der Waals surface area contributed by atoms with Gasteiger partial charge in [-0.15, -0.1) is 0 Å². The summed E-state index contributed by atoms with van der Waals surface area (Å²) >= 11 is 0. The minimum Gasteiger partial charge on any atom is -0.492 e. The van der Waals surface area contributed by atoms with Gasteiger partial charge in [0.2, 0.25) is 0 Å². The van der Waals surface area contributed by atoms with Crippen molar-refractivity contribution in [3.63, 3.8) is 0 Å². The highest BCUT2D eigenvalue weighted by Crippen LogP contribution is 2.18. The van der Waals surface area contributed by atoms with E-state index in [4.69, 9.17) is 4.74 Å². The smallest absolute Gasteiger partial charge is 0.119 e. The number of hydrogen-bond acceptors (Lipinski definition) is 2. The Morgan fingerprint density at radius 3 is 2.50 bits per heavy atom. The van der Waals surface area contributed by atoms with Crippen molar-refractivity contribution < 1.29 is 4.74 Å². The largest absolute Gasteiger partial charge is 0.492 e. The van der Waals surface area contributed by atoms with E-state index in [2.05, 4.69) is 70.3 Å². The van der Waals surface area contributed by atoms with Gasteiger partial charge in [0.25, 0.3) is 0 Å².